The van der Waals surface area contributed by atoms with E-state index in [0.29, 0.717) is 39.6 Å². The lowest BCUT2D eigenvalue weighted by Gasteiger charge is -2.27. The Bertz CT molecular complexity index is 5710. The first kappa shape index (κ1) is 46.8. The van der Waals surface area contributed by atoms with Gasteiger partial charge < -0.3 is 22.7 Å². The van der Waals surface area contributed by atoms with Gasteiger partial charge in [-0.15, -0.1) is 0 Å². The minimum Gasteiger partial charge on any atom is -0.454 e. The topological polar surface area (TPSA) is 61.0 Å². The molecular formula is C78H44N6O. The Labute approximate surface area is 485 Å². The number of hydrogen-bond donors (Lipinski definition) is 0. The molecule has 5 aromatic heterocycles. The van der Waals surface area contributed by atoms with Gasteiger partial charge in [0.25, 0.3) is 0 Å². The highest BCUT2D eigenvalue weighted by atomic mass is 16.3. The summed E-state index contributed by atoms with van der Waals surface area (Å²) in [5.41, 5.74) is 16.1. The highest BCUT2D eigenvalue weighted by Crippen LogP contribution is 2.53. The summed E-state index contributed by atoms with van der Waals surface area (Å²) in [6.45, 7) is 9.91. The Kier molecular flexibility index (Phi) is 9.80. The molecule has 7 nitrogen and oxygen atoms in total. The van der Waals surface area contributed by atoms with Gasteiger partial charge in [0.15, 0.2) is 5.58 Å². The van der Waals surface area contributed by atoms with Crippen LogP contribution in [0, 0.1) is 17.9 Å². The average Bonchev–Trinajstić information content (AvgIpc) is 1.77. The van der Waals surface area contributed by atoms with Gasteiger partial charge in [-0.05, 0) is 93.7 Å². The van der Waals surface area contributed by atoms with Crippen molar-refractivity contribution in [2.75, 3.05) is 0 Å². The molecule has 0 unspecified atom stereocenters. The number of benzene rings is 13. The molecule has 13 aromatic carbocycles. The largest absolute Gasteiger partial charge is 0.454 e. The molecule has 0 saturated heterocycles. The fraction of sp³-hybridized carbons (Fsp3) is 0. The highest BCUT2D eigenvalue weighted by molar-refractivity contribution is 6.24. The normalized spacial score (nSPS) is 12.0. The Hall–Kier alpha value is -11.9. The molecule has 0 aliphatic rings. The summed E-state index contributed by atoms with van der Waals surface area (Å²) < 4.78 is 16.4. The zero-order chi connectivity index (χ0) is 56.0. The van der Waals surface area contributed by atoms with Crippen molar-refractivity contribution in [2.45, 2.75) is 0 Å². The Balaban J connectivity index is 1.11. The molecule has 0 aliphatic carbocycles. The lowest BCUT2D eigenvalue weighted by atomic mass is 9.91. The fourth-order valence-corrected chi connectivity index (χ4v) is 14.4. The van der Waals surface area contributed by atoms with E-state index in [2.05, 4.69) is 267 Å². The van der Waals surface area contributed by atoms with E-state index in [1.54, 1.807) is 0 Å². The summed E-state index contributed by atoms with van der Waals surface area (Å²) in [6.07, 6.45) is 0. The zero-order valence-electron chi connectivity index (χ0n) is 45.5. The molecule has 0 amide bonds. The predicted octanol–water partition coefficient (Wildman–Crippen LogP) is 20.9. The SMILES string of the molecule is [C-]#[N+]c1c(-n2c3ccccc3c3ccccc32)c(C#N)c(-n2c3ccccc3c3ccccc32)c(-n2c3ccc(-c4ccccc4-c4cccc5ccccc45)cc3c3ccc4c5ccccc5oc4c32)c1-n1c2ccccc2c2ccccc21. The van der Waals surface area contributed by atoms with Gasteiger partial charge in [-0.2, -0.15) is 5.26 Å². The minimum atomic E-state index is 0.321. The summed E-state index contributed by atoms with van der Waals surface area (Å²) >= 11 is 0. The third kappa shape index (κ3) is 6.41. The van der Waals surface area contributed by atoms with E-state index in [0.717, 1.165) is 126 Å². The maximum atomic E-state index is 12.7. The molecule has 0 aliphatic heterocycles. The van der Waals surface area contributed by atoms with Crippen LogP contribution in [0.15, 0.2) is 271 Å². The van der Waals surface area contributed by atoms with Crippen LogP contribution in [-0.4, -0.2) is 18.3 Å². The van der Waals surface area contributed by atoms with Crippen LogP contribution in [-0.2, 0) is 0 Å². The molecule has 0 spiro atoms. The standard InChI is InChI=1S/C78H44N6O/c1-80-72-73(81-64-34-13-6-26-53(64)54-27-7-14-35-65(54)81)63(46-79)74(82-66-36-15-8-28-55(66)56-29-9-16-37-67(56)82)77(76(72)83-68-38-17-10-30-57(68)58-31-11-18-39-69(58)83)84-70-44-41-48(50-24-4-5-25-51(50)52-33-20-22-47-21-2-3-23-49(47)52)45-62(70)60-42-43-61-59-32-12-19-40-71(59)85-78(61)75(60)84/h2-45H. The monoisotopic (exact) mass is 1080 g/mol. The van der Waals surface area contributed by atoms with Crippen LogP contribution in [0.5, 0.6) is 0 Å². The van der Waals surface area contributed by atoms with Gasteiger partial charge in [-0.1, -0.05) is 206 Å². The van der Waals surface area contributed by atoms with Crippen molar-refractivity contribution in [3.63, 3.8) is 0 Å². The zero-order valence-corrected chi connectivity index (χ0v) is 45.5. The van der Waals surface area contributed by atoms with Gasteiger partial charge in [-0.3, -0.25) is 0 Å². The summed E-state index contributed by atoms with van der Waals surface area (Å²) in [7, 11) is 0. The van der Waals surface area contributed by atoms with Gasteiger partial charge in [-0.25, -0.2) is 4.85 Å². The van der Waals surface area contributed by atoms with Gasteiger partial charge >= 0.3 is 0 Å². The van der Waals surface area contributed by atoms with Crippen molar-refractivity contribution in [1.82, 2.24) is 18.3 Å². The molecule has 85 heavy (non-hydrogen) atoms. The maximum absolute atomic E-state index is 12.7. The average molecular weight is 1080 g/mol. The molecule has 392 valence electrons. The second-order valence-electron chi connectivity index (χ2n) is 22.0. The third-order valence-corrected chi connectivity index (χ3v) is 17.8. The molecule has 0 atom stereocenters. The van der Waals surface area contributed by atoms with Crippen molar-refractivity contribution in [2.24, 2.45) is 0 Å². The second-order valence-corrected chi connectivity index (χ2v) is 22.0. The van der Waals surface area contributed by atoms with Crippen LogP contribution in [0.2, 0.25) is 0 Å². The van der Waals surface area contributed by atoms with Crippen LogP contribution in [0.3, 0.4) is 0 Å². The number of nitrogens with zero attached hydrogens (tertiary/aromatic N) is 6. The number of nitriles is 1. The Morgan fingerprint density at radius 3 is 1.33 bits per heavy atom. The van der Waals surface area contributed by atoms with Gasteiger partial charge in [0.2, 0.25) is 5.69 Å². The summed E-state index contributed by atoms with van der Waals surface area (Å²) in [5.74, 6) is 0. The fourth-order valence-electron chi connectivity index (χ4n) is 14.4. The first-order valence-electron chi connectivity index (χ1n) is 28.6. The maximum Gasteiger partial charge on any atom is 0.237 e. The number of rotatable bonds is 6. The summed E-state index contributed by atoms with van der Waals surface area (Å²) in [4.78, 5) is 4.82. The van der Waals surface area contributed by atoms with Crippen molar-refractivity contribution in [3.8, 4) is 51.1 Å². The minimum absolute atomic E-state index is 0.321. The summed E-state index contributed by atoms with van der Waals surface area (Å²) in [6, 6.07) is 97.0. The van der Waals surface area contributed by atoms with E-state index in [-0.39, 0.29) is 0 Å². The van der Waals surface area contributed by atoms with Gasteiger partial charge in [0, 0.05) is 53.9 Å². The molecular weight excluding hydrogens is 1040 g/mol. The second kappa shape index (κ2) is 17.8. The smallest absolute Gasteiger partial charge is 0.237 e. The van der Waals surface area contributed by atoms with Gasteiger partial charge in [0.1, 0.15) is 11.7 Å². The number of fused-ring (bicyclic) bond motifs is 17. The predicted molar refractivity (Wildman–Crippen MR) is 350 cm³/mol. The van der Waals surface area contributed by atoms with Crippen LogP contribution in [0.1, 0.15) is 5.56 Å². The van der Waals surface area contributed by atoms with E-state index >= 15 is 0 Å². The van der Waals surface area contributed by atoms with E-state index in [1.165, 1.54) is 10.8 Å². The van der Waals surface area contributed by atoms with Gasteiger partial charge in [0.05, 0.1) is 79.0 Å². The van der Waals surface area contributed by atoms with Crippen molar-refractivity contribution in [3.05, 3.63) is 284 Å². The van der Waals surface area contributed by atoms with E-state index in [4.69, 9.17) is 9.26 Å². The first-order chi connectivity index (χ1) is 42.2. The molecule has 0 bridgehead atoms. The van der Waals surface area contributed by atoms with Crippen LogP contribution in [0.25, 0.3) is 170 Å². The molecule has 0 radical (unpaired) electrons. The molecule has 7 heteroatoms. The number of aromatic nitrogens is 4. The molecule has 0 saturated carbocycles. The van der Waals surface area contributed by atoms with Crippen molar-refractivity contribution in [1.29, 1.82) is 5.26 Å². The number of para-hydroxylation sites is 7. The molecule has 5 heterocycles. The highest BCUT2D eigenvalue weighted by Gasteiger charge is 2.35. The van der Waals surface area contributed by atoms with Crippen molar-refractivity contribution < 1.29 is 4.42 Å². The Morgan fingerprint density at radius 1 is 0.329 bits per heavy atom. The molecule has 18 rings (SSSR count). The molecule has 0 fully saturated rings. The number of furan rings is 1. The molecule has 18 aromatic rings. The third-order valence-electron chi connectivity index (χ3n) is 17.8. The quantitative estimate of drug-likeness (QED) is 0.156. The number of hydrogen-bond acceptors (Lipinski definition) is 2. The van der Waals surface area contributed by atoms with E-state index in [1.807, 2.05) is 24.3 Å². The first-order valence-corrected chi connectivity index (χ1v) is 28.6. The lowest BCUT2D eigenvalue weighted by Crippen LogP contribution is -2.14. The lowest BCUT2D eigenvalue weighted by molar-refractivity contribution is 0.671. The van der Waals surface area contributed by atoms with E-state index < -0.39 is 0 Å². The Morgan fingerprint density at radius 2 is 0.765 bits per heavy atom. The molecule has 0 N–H and O–H groups in total. The summed E-state index contributed by atoms with van der Waals surface area (Å²) in [5, 5.41) is 25.2. The van der Waals surface area contributed by atoms with Crippen LogP contribution < -0.4 is 0 Å². The van der Waals surface area contributed by atoms with Crippen LogP contribution in [0.4, 0.5) is 5.69 Å². The van der Waals surface area contributed by atoms with Crippen LogP contribution >= 0.6 is 0 Å². The van der Waals surface area contributed by atoms with E-state index in [9.17, 15) is 11.8 Å². The van der Waals surface area contributed by atoms with Crippen molar-refractivity contribution >= 4 is 126 Å².